The maximum absolute atomic E-state index is 13.4. The highest BCUT2D eigenvalue weighted by Crippen LogP contribution is 2.22. The molecule has 2 heterocycles. The third kappa shape index (κ3) is 3.82. The van der Waals surface area contributed by atoms with E-state index in [1.807, 2.05) is 0 Å². The van der Waals surface area contributed by atoms with Gasteiger partial charge < -0.3 is 10.4 Å². The van der Waals surface area contributed by atoms with Gasteiger partial charge in [0, 0.05) is 17.1 Å². The summed E-state index contributed by atoms with van der Waals surface area (Å²) in [5, 5.41) is 15.9. The number of thiophene rings is 1. The molecule has 0 saturated heterocycles. The van der Waals surface area contributed by atoms with Crippen LogP contribution in [-0.2, 0) is 0 Å². The molecule has 0 bridgehead atoms. The summed E-state index contributed by atoms with van der Waals surface area (Å²) in [4.78, 5) is 25.0. The van der Waals surface area contributed by atoms with Crippen LogP contribution in [0.15, 0.2) is 47.3 Å². The molecule has 0 unspecified atom stereocenters. The Morgan fingerprint density at radius 2 is 2.00 bits per heavy atom. The normalized spacial score (nSPS) is 10.7. The van der Waals surface area contributed by atoms with E-state index in [4.69, 9.17) is 16.7 Å². The second-order valence-corrected chi connectivity index (χ2v) is 6.67. The van der Waals surface area contributed by atoms with E-state index in [9.17, 15) is 14.0 Å². The molecule has 26 heavy (non-hydrogen) atoms. The van der Waals surface area contributed by atoms with Crippen LogP contribution in [-0.4, -0.2) is 33.9 Å². The van der Waals surface area contributed by atoms with Crippen LogP contribution < -0.4 is 10.9 Å². The van der Waals surface area contributed by atoms with E-state index < -0.39 is 16.6 Å². The third-order valence-corrected chi connectivity index (χ3v) is 4.56. The SMILES string of the molecule is O=C(NCCO)c1cc(-c2ccc(Cl)cc2)nn(-c2ccc(F)s2)c1=O. The Hall–Kier alpha value is -2.55. The maximum atomic E-state index is 13.4. The maximum Gasteiger partial charge on any atom is 0.285 e. The number of nitrogens with zero attached hydrogens (tertiary/aromatic N) is 2. The van der Waals surface area contributed by atoms with Gasteiger partial charge in [-0.3, -0.25) is 9.59 Å². The van der Waals surface area contributed by atoms with Crippen molar-refractivity contribution in [2.24, 2.45) is 0 Å². The molecule has 0 aliphatic heterocycles. The van der Waals surface area contributed by atoms with Crippen LogP contribution >= 0.6 is 22.9 Å². The van der Waals surface area contributed by atoms with Crippen LogP contribution in [0.3, 0.4) is 0 Å². The van der Waals surface area contributed by atoms with Gasteiger partial charge in [-0.05, 0) is 30.3 Å². The summed E-state index contributed by atoms with van der Waals surface area (Å²) in [6, 6.07) is 10.7. The third-order valence-electron chi connectivity index (χ3n) is 3.46. The molecule has 134 valence electrons. The predicted octanol–water partition coefficient (Wildman–Crippen LogP) is 2.48. The fraction of sp³-hybridized carbons (Fsp3) is 0.118. The molecule has 3 rings (SSSR count). The standard InChI is InChI=1S/C17H13ClFN3O3S/c18-11-3-1-10(2-4-11)13-9-12(16(24)20-7-8-23)17(25)22(21-13)15-6-5-14(19)26-15/h1-6,9,23H,7-8H2,(H,20,24). The van der Waals surface area contributed by atoms with E-state index >= 15 is 0 Å². The molecule has 0 radical (unpaired) electrons. The first kappa shape index (κ1) is 18.2. The number of aliphatic hydroxyl groups excluding tert-OH is 1. The summed E-state index contributed by atoms with van der Waals surface area (Å²) in [7, 11) is 0. The van der Waals surface area contributed by atoms with Crippen LogP contribution in [0.4, 0.5) is 4.39 Å². The van der Waals surface area contributed by atoms with Crippen molar-refractivity contribution in [3.05, 3.63) is 68.5 Å². The Kier molecular flexibility index (Phi) is 5.46. The molecule has 0 fully saturated rings. The molecule has 0 atom stereocenters. The largest absolute Gasteiger partial charge is 0.395 e. The summed E-state index contributed by atoms with van der Waals surface area (Å²) < 4.78 is 14.4. The number of aromatic nitrogens is 2. The molecule has 2 aromatic heterocycles. The van der Waals surface area contributed by atoms with Crippen molar-refractivity contribution < 1.29 is 14.3 Å². The van der Waals surface area contributed by atoms with Gasteiger partial charge in [0.25, 0.3) is 11.5 Å². The van der Waals surface area contributed by atoms with Gasteiger partial charge >= 0.3 is 0 Å². The number of benzene rings is 1. The number of nitrogens with one attached hydrogen (secondary N) is 1. The number of halogens is 2. The predicted molar refractivity (Wildman–Crippen MR) is 97.5 cm³/mol. The molecule has 2 N–H and O–H groups in total. The summed E-state index contributed by atoms with van der Waals surface area (Å²) in [5.41, 5.74) is 0.146. The number of hydrogen-bond donors (Lipinski definition) is 2. The molecule has 0 saturated carbocycles. The van der Waals surface area contributed by atoms with Crippen molar-refractivity contribution in [2.45, 2.75) is 0 Å². The van der Waals surface area contributed by atoms with Crippen molar-refractivity contribution in [3.63, 3.8) is 0 Å². The molecular weight excluding hydrogens is 381 g/mol. The topological polar surface area (TPSA) is 84.2 Å². The summed E-state index contributed by atoms with van der Waals surface area (Å²) in [6.45, 7) is -0.254. The summed E-state index contributed by atoms with van der Waals surface area (Å²) in [5.74, 6) is -0.646. The van der Waals surface area contributed by atoms with Gasteiger partial charge in [0.1, 0.15) is 10.6 Å². The van der Waals surface area contributed by atoms with Crippen molar-refractivity contribution in [1.29, 1.82) is 0 Å². The van der Waals surface area contributed by atoms with Gasteiger partial charge in [-0.15, -0.1) is 0 Å². The van der Waals surface area contributed by atoms with Gasteiger partial charge in [-0.25, -0.2) is 0 Å². The van der Waals surface area contributed by atoms with Crippen LogP contribution in [0.25, 0.3) is 16.3 Å². The number of rotatable bonds is 5. The first-order valence-corrected chi connectivity index (χ1v) is 8.74. The van der Waals surface area contributed by atoms with Crippen LogP contribution in [0.2, 0.25) is 5.02 Å². The lowest BCUT2D eigenvalue weighted by Gasteiger charge is -2.10. The minimum atomic E-state index is -0.681. The number of aliphatic hydroxyl groups is 1. The van der Waals surface area contributed by atoms with Crippen LogP contribution in [0.1, 0.15) is 10.4 Å². The molecule has 3 aromatic rings. The summed E-state index contributed by atoms with van der Waals surface area (Å²) >= 11 is 6.63. The average Bonchev–Trinajstić information content (AvgIpc) is 3.06. The minimum absolute atomic E-state index is 0.00447. The van der Waals surface area contributed by atoms with Crippen molar-refractivity contribution in [1.82, 2.24) is 15.1 Å². The monoisotopic (exact) mass is 393 g/mol. The van der Waals surface area contributed by atoms with Gasteiger partial charge in [-0.2, -0.15) is 14.2 Å². The molecular formula is C17H13ClFN3O3S. The highest BCUT2D eigenvalue weighted by Gasteiger charge is 2.18. The number of carbonyl (C=O) groups is 1. The van der Waals surface area contributed by atoms with Crippen LogP contribution in [0, 0.1) is 5.13 Å². The first-order valence-electron chi connectivity index (χ1n) is 7.54. The van der Waals surface area contributed by atoms with Gasteiger partial charge in [0.15, 0.2) is 5.13 Å². The van der Waals surface area contributed by atoms with E-state index in [-0.39, 0.29) is 23.7 Å². The fourth-order valence-corrected chi connectivity index (χ4v) is 3.06. The number of hydrogen-bond acceptors (Lipinski definition) is 5. The van der Waals surface area contributed by atoms with E-state index in [1.165, 1.54) is 18.2 Å². The fourth-order valence-electron chi connectivity index (χ4n) is 2.25. The lowest BCUT2D eigenvalue weighted by atomic mass is 10.1. The molecule has 0 spiro atoms. The van der Waals surface area contributed by atoms with Crippen molar-refractivity contribution in [3.8, 4) is 16.3 Å². The first-order chi connectivity index (χ1) is 12.5. The van der Waals surface area contributed by atoms with Crippen molar-refractivity contribution in [2.75, 3.05) is 13.2 Å². The zero-order chi connectivity index (χ0) is 18.7. The highest BCUT2D eigenvalue weighted by atomic mass is 35.5. The Morgan fingerprint density at radius 1 is 1.27 bits per heavy atom. The van der Waals surface area contributed by atoms with Crippen molar-refractivity contribution >= 4 is 28.8 Å². The van der Waals surface area contributed by atoms with E-state index in [0.29, 0.717) is 16.3 Å². The van der Waals surface area contributed by atoms with Gasteiger partial charge in [0.05, 0.1) is 12.3 Å². The minimum Gasteiger partial charge on any atom is -0.395 e. The zero-order valence-corrected chi connectivity index (χ0v) is 14.9. The van der Waals surface area contributed by atoms with E-state index in [0.717, 1.165) is 16.0 Å². The van der Waals surface area contributed by atoms with Gasteiger partial charge in [0.2, 0.25) is 0 Å². The Morgan fingerprint density at radius 3 is 2.62 bits per heavy atom. The Labute approximate surface area is 156 Å². The number of carbonyl (C=O) groups excluding carboxylic acids is 1. The number of amides is 1. The second-order valence-electron chi connectivity index (χ2n) is 5.22. The molecule has 6 nitrogen and oxygen atoms in total. The lowest BCUT2D eigenvalue weighted by Crippen LogP contribution is -2.34. The Bertz CT molecular complexity index is 1000. The van der Waals surface area contributed by atoms with E-state index in [2.05, 4.69) is 10.4 Å². The highest BCUT2D eigenvalue weighted by molar-refractivity contribution is 7.12. The summed E-state index contributed by atoms with van der Waals surface area (Å²) in [6.07, 6.45) is 0. The smallest absolute Gasteiger partial charge is 0.285 e. The van der Waals surface area contributed by atoms with Crippen LogP contribution in [0.5, 0.6) is 0 Å². The molecule has 1 amide bonds. The van der Waals surface area contributed by atoms with Gasteiger partial charge in [-0.1, -0.05) is 35.1 Å². The molecule has 1 aromatic carbocycles. The average molecular weight is 394 g/mol. The van der Waals surface area contributed by atoms with E-state index in [1.54, 1.807) is 24.3 Å². The lowest BCUT2D eigenvalue weighted by molar-refractivity contribution is 0.0942. The Balaban J connectivity index is 2.17. The second kappa shape index (κ2) is 7.77. The molecule has 0 aliphatic rings. The molecule has 0 aliphatic carbocycles. The quantitative estimate of drug-likeness (QED) is 0.697. The molecule has 9 heteroatoms. The zero-order valence-electron chi connectivity index (χ0n) is 13.3.